The lowest BCUT2D eigenvalue weighted by molar-refractivity contribution is -0.151. The molecule has 13 heteroatoms. The predicted octanol–water partition coefficient (Wildman–Crippen LogP) is 6.37. The number of hydrogen-bond donors (Lipinski definition) is 3. The summed E-state index contributed by atoms with van der Waals surface area (Å²) in [7, 11) is 3.31. The number of unbranched alkanes of at least 4 members (excludes halogenated alkanes) is 1. The first-order chi connectivity index (χ1) is 27.1. The summed E-state index contributed by atoms with van der Waals surface area (Å²) < 4.78 is 4.93. The van der Waals surface area contributed by atoms with E-state index in [-0.39, 0.29) is 66.0 Å². The van der Waals surface area contributed by atoms with Crippen LogP contribution in [-0.2, 0) is 30.3 Å². The Kier molecular flexibility index (Phi) is 19.8. The number of piperidine rings is 1. The van der Waals surface area contributed by atoms with Crippen LogP contribution in [0.1, 0.15) is 133 Å². The predicted molar refractivity (Wildman–Crippen MR) is 225 cm³/mol. The first-order valence-corrected chi connectivity index (χ1v) is 21.9. The van der Waals surface area contributed by atoms with Crippen LogP contribution in [0.5, 0.6) is 0 Å². The van der Waals surface area contributed by atoms with Crippen molar-refractivity contribution in [3.63, 3.8) is 0 Å². The van der Waals surface area contributed by atoms with Crippen molar-refractivity contribution in [1.82, 2.24) is 25.4 Å². The van der Waals surface area contributed by atoms with Gasteiger partial charge in [0, 0.05) is 42.8 Å². The van der Waals surface area contributed by atoms with Gasteiger partial charge in [-0.05, 0) is 70.0 Å². The summed E-state index contributed by atoms with van der Waals surface area (Å²) in [4.78, 5) is 76.6. The molecule has 318 valence electrons. The van der Waals surface area contributed by atoms with Gasteiger partial charge in [-0.15, -0.1) is 11.3 Å². The van der Waals surface area contributed by atoms with Crippen molar-refractivity contribution in [3.05, 3.63) is 52.0 Å². The van der Waals surface area contributed by atoms with E-state index < -0.39 is 35.9 Å². The number of rotatable bonds is 23. The number of methoxy groups -OCH3 is 1. The van der Waals surface area contributed by atoms with Crippen molar-refractivity contribution < 1.29 is 33.8 Å². The van der Waals surface area contributed by atoms with Gasteiger partial charge in [-0.2, -0.15) is 0 Å². The maximum atomic E-state index is 15.0. The second-order valence-corrected chi connectivity index (χ2v) is 17.3. The lowest BCUT2D eigenvalue weighted by Crippen LogP contribution is -2.57. The molecule has 1 saturated heterocycles. The number of ketones is 1. The van der Waals surface area contributed by atoms with Crippen molar-refractivity contribution in [2.45, 2.75) is 143 Å². The molecule has 3 N–H and O–H groups in total. The van der Waals surface area contributed by atoms with Gasteiger partial charge in [0.2, 0.25) is 11.8 Å². The van der Waals surface area contributed by atoms with Crippen molar-refractivity contribution >= 4 is 40.8 Å². The number of aliphatic hydroxyl groups excluding tert-OH is 1. The molecule has 0 spiro atoms. The van der Waals surface area contributed by atoms with Crippen molar-refractivity contribution in [2.24, 2.45) is 23.7 Å². The number of thiazole rings is 1. The highest BCUT2D eigenvalue weighted by molar-refractivity contribution is 7.09. The van der Waals surface area contributed by atoms with Crippen LogP contribution in [0, 0.1) is 23.7 Å². The summed E-state index contributed by atoms with van der Waals surface area (Å²) in [5, 5.41) is 19.7. The number of ether oxygens (including phenoxy) is 1. The average molecular weight is 812 g/mol. The molecule has 0 bridgehead atoms. The zero-order chi connectivity index (χ0) is 42.2. The van der Waals surface area contributed by atoms with E-state index in [0.29, 0.717) is 30.8 Å². The number of esters is 1. The molecule has 1 aliphatic rings. The SMILES string of the molecule is CCCCNC(=O)C(C)N(C(=O)[C@@H](CC(=O)[C@H]1CCCCN1C)[C@@H](C)CC)[C@H](C[C@@H](O)c1nc(C(=O)N[C@@H](Cc2ccccc2)C[C@H](C)C(=O)OC)cs1)C(C)C. The molecule has 57 heavy (non-hydrogen) atoms. The zero-order valence-electron chi connectivity index (χ0n) is 35.8. The molecule has 0 saturated carbocycles. The van der Waals surface area contributed by atoms with E-state index in [0.717, 1.165) is 55.5 Å². The Labute approximate surface area is 344 Å². The fourth-order valence-electron chi connectivity index (χ4n) is 7.80. The third kappa shape index (κ3) is 14.0. The Morgan fingerprint density at radius 1 is 1.04 bits per heavy atom. The van der Waals surface area contributed by atoms with Crippen molar-refractivity contribution in [2.75, 3.05) is 27.2 Å². The minimum atomic E-state index is -1.14. The number of hydrogen-bond acceptors (Lipinski definition) is 10. The number of nitrogens with one attached hydrogen (secondary N) is 2. The summed E-state index contributed by atoms with van der Waals surface area (Å²) >= 11 is 1.15. The molecule has 0 aliphatic carbocycles. The third-order valence-electron chi connectivity index (χ3n) is 11.6. The normalized spacial score (nSPS) is 18.4. The van der Waals surface area contributed by atoms with Gasteiger partial charge in [0.25, 0.3) is 5.91 Å². The van der Waals surface area contributed by atoms with Crippen LogP contribution < -0.4 is 10.6 Å². The molecule has 2 heterocycles. The van der Waals surface area contributed by atoms with Crippen LogP contribution in [-0.4, -0.2) is 101 Å². The van der Waals surface area contributed by atoms with E-state index in [2.05, 4.69) is 20.5 Å². The highest BCUT2D eigenvalue weighted by Gasteiger charge is 2.41. The summed E-state index contributed by atoms with van der Waals surface area (Å²) in [5.74, 6) is -2.65. The molecule has 1 aromatic heterocycles. The molecule has 1 fully saturated rings. The lowest BCUT2D eigenvalue weighted by atomic mass is 9.82. The first kappa shape index (κ1) is 47.7. The molecule has 3 amide bonds. The quantitative estimate of drug-likeness (QED) is 0.0857. The van der Waals surface area contributed by atoms with Gasteiger partial charge in [0.1, 0.15) is 22.8 Å². The lowest BCUT2D eigenvalue weighted by Gasteiger charge is -2.42. The van der Waals surface area contributed by atoms with Gasteiger partial charge in [0.05, 0.1) is 19.1 Å². The van der Waals surface area contributed by atoms with Crippen LogP contribution in [0.25, 0.3) is 0 Å². The Balaban J connectivity index is 1.90. The zero-order valence-corrected chi connectivity index (χ0v) is 36.6. The van der Waals surface area contributed by atoms with Gasteiger partial charge in [-0.1, -0.05) is 91.1 Å². The average Bonchev–Trinajstić information content (AvgIpc) is 3.70. The summed E-state index contributed by atoms with van der Waals surface area (Å²) in [5.41, 5.74) is 1.14. The number of aromatic nitrogens is 1. The maximum absolute atomic E-state index is 15.0. The topological polar surface area (TPSA) is 158 Å². The van der Waals surface area contributed by atoms with E-state index >= 15 is 0 Å². The van der Waals surface area contributed by atoms with Crippen LogP contribution in [0.2, 0.25) is 0 Å². The third-order valence-corrected chi connectivity index (χ3v) is 12.6. The highest BCUT2D eigenvalue weighted by atomic mass is 32.1. The summed E-state index contributed by atoms with van der Waals surface area (Å²) in [6, 6.07) is 7.62. The van der Waals surface area contributed by atoms with Gasteiger partial charge in [0.15, 0.2) is 5.78 Å². The number of likely N-dealkylation sites (tertiary alicyclic amines) is 1. The number of amides is 3. The van der Waals surface area contributed by atoms with Gasteiger partial charge < -0.3 is 25.4 Å². The van der Waals surface area contributed by atoms with Crippen molar-refractivity contribution in [3.8, 4) is 0 Å². The molecule has 2 aromatic rings. The second kappa shape index (κ2) is 23.7. The number of aliphatic hydroxyl groups is 1. The molecular formula is C44H69N5O7S. The van der Waals surface area contributed by atoms with E-state index in [9.17, 15) is 29.1 Å². The first-order valence-electron chi connectivity index (χ1n) is 21.0. The smallest absolute Gasteiger partial charge is 0.308 e. The largest absolute Gasteiger partial charge is 0.469 e. The van der Waals surface area contributed by atoms with Gasteiger partial charge in [-0.3, -0.25) is 28.9 Å². The Bertz CT molecular complexity index is 1590. The van der Waals surface area contributed by atoms with E-state index in [1.807, 2.05) is 72.0 Å². The minimum absolute atomic E-state index is 0.0522. The number of nitrogens with zero attached hydrogens (tertiary/aromatic N) is 3. The van der Waals surface area contributed by atoms with E-state index in [1.54, 1.807) is 24.1 Å². The maximum Gasteiger partial charge on any atom is 0.308 e. The van der Waals surface area contributed by atoms with Crippen LogP contribution in [0.3, 0.4) is 0 Å². The fraction of sp³-hybridized carbons (Fsp3) is 0.682. The Morgan fingerprint density at radius 3 is 2.35 bits per heavy atom. The molecule has 1 aromatic carbocycles. The fourth-order valence-corrected chi connectivity index (χ4v) is 8.60. The number of carbonyl (C=O) groups is 5. The van der Waals surface area contributed by atoms with Crippen LogP contribution in [0.15, 0.2) is 35.7 Å². The van der Waals surface area contributed by atoms with E-state index in [1.165, 1.54) is 7.11 Å². The second-order valence-electron chi connectivity index (χ2n) is 16.4. The monoisotopic (exact) mass is 811 g/mol. The number of likely N-dealkylation sites (N-methyl/N-ethyl adjacent to an activating group) is 1. The number of carbonyl (C=O) groups excluding carboxylic acids is 5. The molecule has 1 unspecified atom stereocenters. The molecule has 1 aliphatic heterocycles. The Hall–Kier alpha value is -3.68. The highest BCUT2D eigenvalue weighted by Crippen LogP contribution is 2.33. The Morgan fingerprint density at radius 2 is 1.74 bits per heavy atom. The molecular weight excluding hydrogens is 743 g/mol. The van der Waals surface area contributed by atoms with Crippen LogP contribution >= 0.6 is 11.3 Å². The molecule has 0 radical (unpaired) electrons. The molecule has 8 atom stereocenters. The molecule has 3 rings (SSSR count). The number of benzene rings is 1. The van der Waals surface area contributed by atoms with E-state index in [4.69, 9.17) is 4.74 Å². The summed E-state index contributed by atoms with van der Waals surface area (Å²) in [6.07, 6.45) is 5.05. The standard InChI is InChI=1S/C44H69N5O7S/c1-10-12-21-45-40(52)31(7)49(43(54)34(29(5)11-2)25-38(50)36-20-16-17-22-48(36)8)37(28(3)4)26-39(51)42-47-35(27-57-42)41(53)46-33(23-30(6)44(55)56-9)24-32-18-14-13-15-19-32/h13-15,18-19,27-31,33-34,36-37,39,51H,10-12,16-17,20-26H2,1-9H3,(H,45,52)(H,46,53)/t29-,30-,31?,33+,34-,36+,37+,39+/m0/s1. The van der Waals surface area contributed by atoms with Crippen molar-refractivity contribution in [1.29, 1.82) is 0 Å². The molecule has 12 nitrogen and oxygen atoms in total. The minimum Gasteiger partial charge on any atom is -0.469 e. The van der Waals surface area contributed by atoms with Gasteiger partial charge >= 0.3 is 5.97 Å². The van der Waals surface area contributed by atoms with Crippen LogP contribution in [0.4, 0.5) is 0 Å². The number of Topliss-reactive ketones (excluding diaryl/α,β-unsaturated/α-hetero) is 1. The van der Waals surface area contributed by atoms with Gasteiger partial charge in [-0.25, -0.2) is 4.98 Å². The summed E-state index contributed by atoms with van der Waals surface area (Å²) in [6.45, 7) is 14.8.